The van der Waals surface area contributed by atoms with Crippen molar-refractivity contribution < 1.29 is 4.79 Å². The molecule has 1 aromatic carbocycles. The molecule has 0 aromatic heterocycles. The van der Waals surface area contributed by atoms with E-state index in [1.165, 1.54) is 0 Å². The zero-order valence-corrected chi connectivity index (χ0v) is 14.4. The van der Waals surface area contributed by atoms with Gasteiger partial charge in [0.25, 0.3) is 0 Å². The number of rotatable bonds is 4. The van der Waals surface area contributed by atoms with E-state index >= 15 is 0 Å². The average molecular weight is 352 g/mol. The van der Waals surface area contributed by atoms with Crippen LogP contribution in [-0.4, -0.2) is 37.5 Å². The Hall–Kier alpha value is -0.480. The number of halogens is 3. The maximum Gasteiger partial charge on any atom is 0.227 e. The lowest BCUT2D eigenvalue weighted by Crippen LogP contribution is -2.41. The van der Waals surface area contributed by atoms with E-state index in [4.69, 9.17) is 23.2 Å². The second-order valence-corrected chi connectivity index (χ2v) is 6.14. The van der Waals surface area contributed by atoms with Crippen LogP contribution >= 0.6 is 35.6 Å². The highest BCUT2D eigenvalue weighted by atomic mass is 35.5. The van der Waals surface area contributed by atoms with Crippen molar-refractivity contribution in [2.45, 2.75) is 19.3 Å². The molecule has 1 heterocycles. The molecule has 1 fully saturated rings. The average Bonchev–Trinajstić information content (AvgIpc) is 2.43. The SMILES string of the molecule is CNCC1CCN(C(=O)Cc2ccc(Cl)cc2Cl)CC1.Cl. The molecular weight excluding hydrogens is 331 g/mol. The van der Waals surface area contributed by atoms with Crippen LogP contribution in [0.25, 0.3) is 0 Å². The number of amides is 1. The number of hydrogen-bond donors (Lipinski definition) is 1. The van der Waals surface area contributed by atoms with Crippen LogP contribution in [0.15, 0.2) is 18.2 Å². The Morgan fingerprint density at radius 2 is 2.00 bits per heavy atom. The predicted octanol–water partition coefficient (Wildman–Crippen LogP) is 3.42. The fourth-order valence-electron chi connectivity index (χ4n) is 2.61. The van der Waals surface area contributed by atoms with Gasteiger partial charge in [-0.05, 0) is 50.0 Å². The smallest absolute Gasteiger partial charge is 0.227 e. The molecule has 0 spiro atoms. The summed E-state index contributed by atoms with van der Waals surface area (Å²) in [7, 11) is 1.97. The first-order valence-electron chi connectivity index (χ1n) is 6.96. The molecule has 1 N–H and O–H groups in total. The van der Waals surface area contributed by atoms with Crippen LogP contribution in [-0.2, 0) is 11.2 Å². The number of likely N-dealkylation sites (tertiary alicyclic amines) is 1. The lowest BCUT2D eigenvalue weighted by molar-refractivity contribution is -0.131. The molecule has 0 unspecified atom stereocenters. The lowest BCUT2D eigenvalue weighted by atomic mass is 9.96. The Morgan fingerprint density at radius 1 is 1.33 bits per heavy atom. The van der Waals surface area contributed by atoms with Gasteiger partial charge >= 0.3 is 0 Å². The van der Waals surface area contributed by atoms with Crippen LogP contribution in [0.5, 0.6) is 0 Å². The van der Waals surface area contributed by atoms with Gasteiger partial charge in [0.1, 0.15) is 0 Å². The summed E-state index contributed by atoms with van der Waals surface area (Å²) < 4.78 is 0. The molecule has 0 atom stereocenters. The zero-order chi connectivity index (χ0) is 14.5. The van der Waals surface area contributed by atoms with Crippen LogP contribution in [0.1, 0.15) is 18.4 Å². The molecule has 6 heteroatoms. The van der Waals surface area contributed by atoms with Gasteiger partial charge in [0.15, 0.2) is 0 Å². The van der Waals surface area contributed by atoms with Gasteiger partial charge in [-0.1, -0.05) is 29.3 Å². The van der Waals surface area contributed by atoms with Crippen molar-refractivity contribution in [3.63, 3.8) is 0 Å². The van der Waals surface area contributed by atoms with E-state index in [1.54, 1.807) is 12.1 Å². The predicted molar refractivity (Wildman–Crippen MR) is 90.6 cm³/mol. The molecular formula is C15H21Cl3N2O. The molecule has 1 aromatic rings. The third kappa shape index (κ3) is 5.33. The Kier molecular flexibility index (Phi) is 7.82. The number of carbonyl (C=O) groups is 1. The number of benzene rings is 1. The van der Waals surface area contributed by atoms with Crippen LogP contribution in [0.2, 0.25) is 10.0 Å². The van der Waals surface area contributed by atoms with Crippen molar-refractivity contribution in [2.75, 3.05) is 26.7 Å². The molecule has 1 aliphatic rings. The van der Waals surface area contributed by atoms with Gasteiger partial charge in [-0.3, -0.25) is 4.79 Å². The van der Waals surface area contributed by atoms with Crippen molar-refractivity contribution in [3.8, 4) is 0 Å². The largest absolute Gasteiger partial charge is 0.342 e. The van der Waals surface area contributed by atoms with Crippen molar-refractivity contribution in [2.24, 2.45) is 5.92 Å². The van der Waals surface area contributed by atoms with E-state index in [-0.39, 0.29) is 18.3 Å². The second kappa shape index (κ2) is 8.84. The van der Waals surface area contributed by atoms with Crippen LogP contribution in [0, 0.1) is 5.92 Å². The standard InChI is InChI=1S/C15H20Cl2N2O.ClH/c1-18-10-11-4-6-19(7-5-11)15(20)8-12-2-3-13(16)9-14(12)17;/h2-3,9,11,18H,4-8,10H2,1H3;1H. The van der Waals surface area contributed by atoms with E-state index in [1.807, 2.05) is 18.0 Å². The third-order valence-corrected chi connectivity index (χ3v) is 4.40. The summed E-state index contributed by atoms with van der Waals surface area (Å²) in [5.74, 6) is 0.834. The molecule has 2 rings (SSSR count). The van der Waals surface area contributed by atoms with E-state index in [0.29, 0.717) is 22.4 Å². The summed E-state index contributed by atoms with van der Waals surface area (Å²) in [5.41, 5.74) is 0.846. The van der Waals surface area contributed by atoms with Crippen molar-refractivity contribution in [3.05, 3.63) is 33.8 Å². The molecule has 21 heavy (non-hydrogen) atoms. The molecule has 0 radical (unpaired) electrons. The highest BCUT2D eigenvalue weighted by molar-refractivity contribution is 6.35. The first kappa shape index (κ1) is 18.6. The van der Waals surface area contributed by atoms with Crippen LogP contribution < -0.4 is 5.32 Å². The molecule has 1 saturated heterocycles. The van der Waals surface area contributed by atoms with Gasteiger partial charge in [-0.25, -0.2) is 0 Å². The van der Waals surface area contributed by atoms with E-state index < -0.39 is 0 Å². The quantitative estimate of drug-likeness (QED) is 0.901. The topological polar surface area (TPSA) is 32.3 Å². The lowest BCUT2D eigenvalue weighted by Gasteiger charge is -2.32. The Balaban J connectivity index is 0.00000220. The van der Waals surface area contributed by atoms with E-state index in [0.717, 1.165) is 38.0 Å². The monoisotopic (exact) mass is 350 g/mol. The highest BCUT2D eigenvalue weighted by Gasteiger charge is 2.22. The fraction of sp³-hybridized carbons (Fsp3) is 0.533. The van der Waals surface area contributed by atoms with Gasteiger partial charge in [-0.2, -0.15) is 0 Å². The maximum atomic E-state index is 12.3. The number of nitrogens with one attached hydrogen (secondary N) is 1. The van der Waals surface area contributed by atoms with E-state index in [9.17, 15) is 4.79 Å². The summed E-state index contributed by atoms with van der Waals surface area (Å²) in [6, 6.07) is 5.29. The summed E-state index contributed by atoms with van der Waals surface area (Å²) in [6.45, 7) is 2.72. The Labute approximate surface area is 142 Å². The summed E-state index contributed by atoms with van der Waals surface area (Å²) >= 11 is 12.0. The minimum atomic E-state index is 0. The third-order valence-electron chi connectivity index (χ3n) is 3.82. The summed E-state index contributed by atoms with van der Waals surface area (Å²) in [5, 5.41) is 4.36. The molecule has 3 nitrogen and oxygen atoms in total. The number of carbonyl (C=O) groups excluding carboxylic acids is 1. The minimum absolute atomic E-state index is 0. The van der Waals surface area contributed by atoms with Crippen LogP contribution in [0.4, 0.5) is 0 Å². The fourth-order valence-corrected chi connectivity index (χ4v) is 3.09. The normalized spacial score (nSPS) is 15.7. The summed E-state index contributed by atoms with van der Waals surface area (Å²) in [6.07, 6.45) is 2.49. The second-order valence-electron chi connectivity index (χ2n) is 5.29. The first-order valence-corrected chi connectivity index (χ1v) is 7.72. The Morgan fingerprint density at radius 3 is 2.57 bits per heavy atom. The van der Waals surface area contributed by atoms with Gasteiger partial charge in [0.05, 0.1) is 6.42 Å². The van der Waals surface area contributed by atoms with E-state index in [2.05, 4.69) is 5.32 Å². The molecule has 0 bridgehead atoms. The van der Waals surface area contributed by atoms with Crippen molar-refractivity contribution in [1.29, 1.82) is 0 Å². The van der Waals surface area contributed by atoms with Gasteiger partial charge in [0.2, 0.25) is 5.91 Å². The number of piperidine rings is 1. The zero-order valence-electron chi connectivity index (χ0n) is 12.1. The molecule has 118 valence electrons. The first-order chi connectivity index (χ1) is 9.60. The van der Waals surface area contributed by atoms with Crippen molar-refractivity contribution in [1.82, 2.24) is 10.2 Å². The molecule has 0 aliphatic carbocycles. The highest BCUT2D eigenvalue weighted by Crippen LogP contribution is 2.23. The molecule has 1 aliphatic heterocycles. The van der Waals surface area contributed by atoms with Gasteiger partial charge < -0.3 is 10.2 Å². The van der Waals surface area contributed by atoms with Gasteiger partial charge in [0, 0.05) is 23.1 Å². The van der Waals surface area contributed by atoms with Crippen molar-refractivity contribution >= 4 is 41.5 Å². The number of nitrogens with zero attached hydrogens (tertiary/aromatic N) is 1. The molecule has 0 saturated carbocycles. The maximum absolute atomic E-state index is 12.3. The summed E-state index contributed by atoms with van der Waals surface area (Å²) in [4.78, 5) is 14.2. The number of hydrogen-bond acceptors (Lipinski definition) is 2. The minimum Gasteiger partial charge on any atom is -0.342 e. The Bertz CT molecular complexity index is 474. The molecule has 1 amide bonds. The van der Waals surface area contributed by atoms with Crippen LogP contribution in [0.3, 0.4) is 0 Å². The van der Waals surface area contributed by atoms with Gasteiger partial charge in [-0.15, -0.1) is 12.4 Å².